The van der Waals surface area contributed by atoms with Crippen molar-refractivity contribution >= 4 is 28.7 Å². The minimum absolute atomic E-state index is 0.145. The number of carbonyl (C=O) groups excluding carboxylic acids is 3. The van der Waals surface area contributed by atoms with Crippen molar-refractivity contribution in [1.29, 1.82) is 0 Å². The highest BCUT2D eigenvalue weighted by Crippen LogP contribution is 2.40. The third-order valence-electron chi connectivity index (χ3n) is 6.85. The number of fused-ring (bicyclic) bond motifs is 1. The number of carbonyl (C=O) groups is 3. The average molecular weight is 576 g/mol. The Labute approximate surface area is 232 Å². The van der Waals surface area contributed by atoms with E-state index in [1.165, 1.54) is 36.7 Å². The number of pyridine rings is 1. The van der Waals surface area contributed by atoms with Gasteiger partial charge in [0.05, 0.1) is 24.1 Å². The zero-order chi connectivity index (χ0) is 29.9. The summed E-state index contributed by atoms with van der Waals surface area (Å²) in [6.07, 6.45) is -7.94. The highest BCUT2D eigenvalue weighted by atomic mass is 19.4. The number of hydrogen-bond acceptors (Lipinski definition) is 8. The number of halogens is 3. The Hall–Kier alpha value is -4.23. The summed E-state index contributed by atoms with van der Waals surface area (Å²) in [5.41, 5.74) is 1.91. The Morgan fingerprint density at radius 3 is 2.44 bits per heavy atom. The summed E-state index contributed by atoms with van der Waals surface area (Å²) in [6, 6.07) is 14.9. The molecule has 218 valence electrons. The molecule has 41 heavy (non-hydrogen) atoms. The number of hydrogen-bond donors (Lipinski definition) is 2. The zero-order valence-electron chi connectivity index (χ0n) is 22.4. The first kappa shape index (κ1) is 29.7. The number of aryl methyl sites for hydroxylation is 1. The normalized spacial score (nSPS) is 20.5. The van der Waals surface area contributed by atoms with Crippen molar-refractivity contribution in [3.63, 3.8) is 0 Å². The lowest BCUT2D eigenvalue weighted by molar-refractivity contribution is -0.247. The topological polar surface area (TPSA) is 127 Å². The van der Waals surface area contributed by atoms with E-state index in [0.29, 0.717) is 5.75 Å². The van der Waals surface area contributed by atoms with Crippen LogP contribution >= 0.6 is 0 Å². The van der Waals surface area contributed by atoms with E-state index in [1.807, 2.05) is 37.3 Å². The third-order valence-corrected chi connectivity index (χ3v) is 6.85. The fraction of sp³-hybridized carbons (Fsp3) is 0.357. The number of amides is 2. The Kier molecular flexibility index (Phi) is 8.50. The van der Waals surface area contributed by atoms with Crippen molar-refractivity contribution in [3.05, 3.63) is 71.4 Å². The van der Waals surface area contributed by atoms with Gasteiger partial charge in [0.25, 0.3) is 5.91 Å². The van der Waals surface area contributed by atoms with E-state index in [1.54, 1.807) is 6.92 Å². The maximum absolute atomic E-state index is 13.6. The highest BCUT2D eigenvalue weighted by Gasteiger charge is 2.56. The molecule has 0 aliphatic carbocycles. The molecule has 1 aliphatic rings. The van der Waals surface area contributed by atoms with Crippen LogP contribution in [-0.4, -0.2) is 57.0 Å². The SMILES string of the molecule is Cc1cc(COc2ccc(C(=O)N(OC(=O)C(F)(F)F)C3(CC(=O)NO)CC(C)OC3C)cc2)c2ccccc2n1. The molecule has 3 atom stereocenters. The predicted octanol–water partition coefficient (Wildman–Crippen LogP) is 4.42. The van der Waals surface area contributed by atoms with E-state index in [-0.39, 0.29) is 23.7 Å². The largest absolute Gasteiger partial charge is 0.493 e. The molecule has 1 saturated heterocycles. The van der Waals surface area contributed by atoms with Gasteiger partial charge in [-0.1, -0.05) is 18.2 Å². The second kappa shape index (κ2) is 11.7. The van der Waals surface area contributed by atoms with Crippen LogP contribution in [0.25, 0.3) is 10.9 Å². The van der Waals surface area contributed by atoms with Gasteiger partial charge in [0.15, 0.2) is 0 Å². The summed E-state index contributed by atoms with van der Waals surface area (Å²) in [4.78, 5) is 46.7. The fourth-order valence-corrected chi connectivity index (χ4v) is 5.00. The number of aromatic nitrogens is 1. The maximum Gasteiger partial charge on any atom is 0.493 e. The third kappa shape index (κ3) is 6.41. The minimum Gasteiger partial charge on any atom is -0.489 e. The van der Waals surface area contributed by atoms with Crippen LogP contribution in [0.4, 0.5) is 13.2 Å². The molecule has 0 radical (unpaired) electrons. The van der Waals surface area contributed by atoms with E-state index in [9.17, 15) is 27.6 Å². The summed E-state index contributed by atoms with van der Waals surface area (Å²) in [7, 11) is 0. The second-order valence-corrected chi connectivity index (χ2v) is 9.84. The van der Waals surface area contributed by atoms with Crippen molar-refractivity contribution in [2.24, 2.45) is 0 Å². The first-order valence-electron chi connectivity index (χ1n) is 12.6. The molecule has 10 nitrogen and oxygen atoms in total. The summed E-state index contributed by atoms with van der Waals surface area (Å²) in [5.74, 6) is -4.43. The number of nitrogens with zero attached hydrogens (tertiary/aromatic N) is 2. The monoisotopic (exact) mass is 575 g/mol. The van der Waals surface area contributed by atoms with Crippen LogP contribution in [0, 0.1) is 6.92 Å². The van der Waals surface area contributed by atoms with Crippen molar-refractivity contribution in [3.8, 4) is 5.75 Å². The summed E-state index contributed by atoms with van der Waals surface area (Å²) in [6.45, 7) is 5.06. The number of benzene rings is 2. The van der Waals surface area contributed by atoms with Crippen molar-refractivity contribution in [2.45, 2.75) is 64.1 Å². The number of hydroxylamine groups is 3. The standard InChI is InChI=1S/C28H28F3N3O7/c1-16-12-20(22-6-4-5-7-23(22)32-16)15-39-21-10-8-19(9-11-21)25(36)34(41-26(37)28(29,30)31)27(14-24(35)33-38)13-17(2)40-18(27)3/h4-12,17-18,38H,13-15H2,1-3H3,(H,33,35). The number of rotatable bonds is 7. The smallest absolute Gasteiger partial charge is 0.489 e. The molecule has 0 spiro atoms. The molecule has 1 aliphatic heterocycles. The minimum atomic E-state index is -5.43. The molecule has 2 amide bonds. The molecule has 2 N–H and O–H groups in total. The molecule has 0 saturated carbocycles. The van der Waals surface area contributed by atoms with Crippen LogP contribution in [0.1, 0.15) is 48.3 Å². The molecule has 2 heterocycles. The Balaban J connectivity index is 1.61. The summed E-state index contributed by atoms with van der Waals surface area (Å²) >= 11 is 0. The van der Waals surface area contributed by atoms with Crippen molar-refractivity contribution < 1.29 is 47.1 Å². The molecule has 13 heteroatoms. The van der Waals surface area contributed by atoms with Gasteiger partial charge >= 0.3 is 12.1 Å². The number of nitrogens with one attached hydrogen (secondary N) is 1. The van der Waals surface area contributed by atoms with Crippen molar-refractivity contribution in [1.82, 2.24) is 15.5 Å². The quantitative estimate of drug-likeness (QED) is 0.313. The molecule has 4 rings (SSSR count). The Morgan fingerprint density at radius 1 is 1.15 bits per heavy atom. The molecule has 1 fully saturated rings. The molecule has 1 aromatic heterocycles. The number of para-hydroxylation sites is 1. The maximum atomic E-state index is 13.6. The molecule has 3 unspecified atom stereocenters. The van der Waals surface area contributed by atoms with Gasteiger partial charge in [0.2, 0.25) is 5.91 Å². The van der Waals surface area contributed by atoms with E-state index < -0.39 is 48.1 Å². The van der Waals surface area contributed by atoms with Crippen LogP contribution in [0.2, 0.25) is 0 Å². The first-order chi connectivity index (χ1) is 19.3. The lowest BCUT2D eigenvalue weighted by Gasteiger charge is -2.40. The Morgan fingerprint density at radius 2 is 1.83 bits per heavy atom. The zero-order valence-corrected chi connectivity index (χ0v) is 22.4. The van der Waals surface area contributed by atoms with Crippen LogP contribution < -0.4 is 10.2 Å². The van der Waals surface area contributed by atoms with Gasteiger partial charge in [-0.2, -0.15) is 18.2 Å². The van der Waals surface area contributed by atoms with E-state index in [4.69, 9.17) is 14.7 Å². The predicted molar refractivity (Wildman–Crippen MR) is 137 cm³/mol. The average Bonchev–Trinajstić information content (AvgIpc) is 3.21. The van der Waals surface area contributed by atoms with Gasteiger partial charge in [-0.25, -0.2) is 10.3 Å². The molecular formula is C28H28F3N3O7. The van der Waals surface area contributed by atoms with Gasteiger partial charge in [0.1, 0.15) is 17.9 Å². The molecule has 2 aromatic carbocycles. The number of alkyl halides is 3. The molecule has 0 bridgehead atoms. The summed E-state index contributed by atoms with van der Waals surface area (Å²) in [5, 5.41) is 10.3. The fourth-order valence-electron chi connectivity index (χ4n) is 5.00. The lowest BCUT2D eigenvalue weighted by Crippen LogP contribution is -2.59. The van der Waals surface area contributed by atoms with E-state index in [0.717, 1.165) is 22.2 Å². The van der Waals surface area contributed by atoms with Gasteiger partial charge in [-0.15, -0.1) is 0 Å². The van der Waals surface area contributed by atoms with Gasteiger partial charge in [-0.3, -0.25) is 19.8 Å². The van der Waals surface area contributed by atoms with Gasteiger partial charge in [0, 0.05) is 28.6 Å². The van der Waals surface area contributed by atoms with Crippen LogP contribution in [-0.2, 0) is 25.8 Å². The lowest BCUT2D eigenvalue weighted by atomic mass is 9.85. The van der Waals surface area contributed by atoms with E-state index >= 15 is 0 Å². The summed E-state index contributed by atoms with van der Waals surface area (Å²) < 4.78 is 51.1. The Bertz CT molecular complexity index is 1450. The highest BCUT2D eigenvalue weighted by molar-refractivity contribution is 5.95. The molecule has 3 aromatic rings. The second-order valence-electron chi connectivity index (χ2n) is 9.84. The van der Waals surface area contributed by atoms with E-state index in [2.05, 4.69) is 9.82 Å². The first-order valence-corrected chi connectivity index (χ1v) is 12.6. The van der Waals surface area contributed by atoms with Crippen LogP contribution in [0.3, 0.4) is 0 Å². The van der Waals surface area contributed by atoms with Gasteiger partial charge in [-0.05, 0) is 57.2 Å². The van der Waals surface area contributed by atoms with Crippen LogP contribution in [0.5, 0.6) is 5.75 Å². The van der Waals surface area contributed by atoms with Crippen molar-refractivity contribution in [2.75, 3.05) is 0 Å². The van der Waals surface area contributed by atoms with Crippen LogP contribution in [0.15, 0.2) is 54.6 Å². The number of ether oxygens (including phenoxy) is 2. The molecular weight excluding hydrogens is 547 g/mol. The van der Waals surface area contributed by atoms with Gasteiger partial charge < -0.3 is 14.3 Å².